The van der Waals surface area contributed by atoms with Crippen LogP contribution in [0.15, 0.2) is 35.5 Å². The standard InChI is InChI=1S/C19H34N2O/c1-5-7-17-8-9-18(12-16(17)6-2)21(11-10-15(3)4)14-19(22)13-20/h5,7,18-19,22H,3,6,8-14,20H2,1-2,4H3/b7-5-. The van der Waals surface area contributed by atoms with Gasteiger partial charge in [0.2, 0.25) is 0 Å². The maximum Gasteiger partial charge on any atom is 0.0789 e. The number of rotatable bonds is 9. The Balaban J connectivity index is 2.79. The summed E-state index contributed by atoms with van der Waals surface area (Å²) in [5.41, 5.74) is 9.89. The largest absolute Gasteiger partial charge is 0.390 e. The first-order chi connectivity index (χ1) is 10.5. The van der Waals surface area contributed by atoms with Crippen molar-refractivity contribution >= 4 is 0 Å². The highest BCUT2D eigenvalue weighted by molar-refractivity contribution is 5.28. The number of allylic oxidation sites excluding steroid dienone is 3. The zero-order valence-electron chi connectivity index (χ0n) is 14.6. The smallest absolute Gasteiger partial charge is 0.0789 e. The van der Waals surface area contributed by atoms with E-state index in [1.807, 2.05) is 0 Å². The lowest BCUT2D eigenvalue weighted by atomic mass is 9.85. The Morgan fingerprint density at radius 3 is 2.82 bits per heavy atom. The summed E-state index contributed by atoms with van der Waals surface area (Å²) in [5, 5.41) is 9.97. The summed E-state index contributed by atoms with van der Waals surface area (Å²) in [6.45, 7) is 12.4. The molecule has 0 heterocycles. The van der Waals surface area contributed by atoms with E-state index < -0.39 is 6.10 Å². The molecule has 0 aromatic heterocycles. The summed E-state index contributed by atoms with van der Waals surface area (Å²) in [6.07, 6.45) is 9.49. The second-order valence-corrected chi connectivity index (χ2v) is 6.47. The highest BCUT2D eigenvalue weighted by atomic mass is 16.3. The van der Waals surface area contributed by atoms with Gasteiger partial charge in [-0.3, -0.25) is 4.90 Å². The first-order valence-electron chi connectivity index (χ1n) is 8.61. The van der Waals surface area contributed by atoms with Crippen LogP contribution < -0.4 is 5.73 Å². The summed E-state index contributed by atoms with van der Waals surface area (Å²) < 4.78 is 0. The molecular formula is C19H34N2O. The van der Waals surface area contributed by atoms with Gasteiger partial charge in [-0.1, -0.05) is 30.2 Å². The van der Waals surface area contributed by atoms with Crippen LogP contribution >= 0.6 is 0 Å². The van der Waals surface area contributed by atoms with Crippen molar-refractivity contribution in [2.24, 2.45) is 5.73 Å². The van der Waals surface area contributed by atoms with Gasteiger partial charge in [0.15, 0.2) is 0 Å². The van der Waals surface area contributed by atoms with Gasteiger partial charge in [-0.25, -0.2) is 0 Å². The monoisotopic (exact) mass is 306 g/mol. The number of aliphatic hydroxyl groups excluding tert-OH is 1. The van der Waals surface area contributed by atoms with Crippen LogP contribution in [0.5, 0.6) is 0 Å². The first kappa shape index (κ1) is 19.1. The van der Waals surface area contributed by atoms with E-state index in [4.69, 9.17) is 5.73 Å². The van der Waals surface area contributed by atoms with Gasteiger partial charge in [0, 0.05) is 25.7 Å². The number of aliphatic hydroxyl groups is 1. The van der Waals surface area contributed by atoms with Gasteiger partial charge in [-0.2, -0.15) is 0 Å². The number of hydrogen-bond donors (Lipinski definition) is 2. The van der Waals surface area contributed by atoms with E-state index >= 15 is 0 Å². The zero-order chi connectivity index (χ0) is 16.5. The van der Waals surface area contributed by atoms with E-state index in [1.54, 1.807) is 5.57 Å². The molecule has 0 radical (unpaired) electrons. The van der Waals surface area contributed by atoms with E-state index in [9.17, 15) is 5.11 Å². The summed E-state index contributed by atoms with van der Waals surface area (Å²) in [6, 6.07) is 0.518. The summed E-state index contributed by atoms with van der Waals surface area (Å²) in [7, 11) is 0. The van der Waals surface area contributed by atoms with Crippen LogP contribution in [0.3, 0.4) is 0 Å². The average Bonchev–Trinajstić information content (AvgIpc) is 2.51. The van der Waals surface area contributed by atoms with Gasteiger partial charge in [-0.15, -0.1) is 6.58 Å². The highest BCUT2D eigenvalue weighted by Gasteiger charge is 2.25. The Morgan fingerprint density at radius 1 is 1.55 bits per heavy atom. The molecule has 0 fully saturated rings. The maximum absolute atomic E-state index is 9.97. The predicted octanol–water partition coefficient (Wildman–Crippen LogP) is 3.41. The molecule has 2 unspecified atom stereocenters. The fraction of sp³-hybridized carbons (Fsp3) is 0.684. The molecule has 0 saturated carbocycles. The summed E-state index contributed by atoms with van der Waals surface area (Å²) in [5.74, 6) is 0. The molecule has 22 heavy (non-hydrogen) atoms. The maximum atomic E-state index is 9.97. The lowest BCUT2D eigenvalue weighted by Crippen LogP contribution is -2.44. The van der Waals surface area contributed by atoms with Crippen molar-refractivity contribution in [3.63, 3.8) is 0 Å². The van der Waals surface area contributed by atoms with Gasteiger partial charge >= 0.3 is 0 Å². The molecule has 3 heteroatoms. The van der Waals surface area contributed by atoms with Crippen LogP contribution in [-0.2, 0) is 0 Å². The molecule has 0 aromatic carbocycles. The molecule has 0 spiro atoms. The van der Waals surface area contributed by atoms with Crippen molar-refractivity contribution in [2.45, 2.75) is 65.0 Å². The minimum Gasteiger partial charge on any atom is -0.390 e. The summed E-state index contributed by atoms with van der Waals surface area (Å²) >= 11 is 0. The molecule has 2 atom stereocenters. The molecular weight excluding hydrogens is 272 g/mol. The minimum absolute atomic E-state index is 0.330. The normalized spacial score (nSPS) is 20.9. The second kappa shape index (κ2) is 9.98. The van der Waals surface area contributed by atoms with Crippen molar-refractivity contribution < 1.29 is 5.11 Å². The van der Waals surface area contributed by atoms with Gasteiger partial charge in [0.25, 0.3) is 0 Å². The van der Waals surface area contributed by atoms with E-state index in [1.165, 1.54) is 11.1 Å². The van der Waals surface area contributed by atoms with Crippen molar-refractivity contribution in [1.29, 1.82) is 0 Å². The molecule has 3 nitrogen and oxygen atoms in total. The Morgan fingerprint density at radius 2 is 2.27 bits per heavy atom. The van der Waals surface area contributed by atoms with Crippen molar-refractivity contribution in [3.8, 4) is 0 Å². The highest BCUT2D eigenvalue weighted by Crippen LogP contribution is 2.31. The van der Waals surface area contributed by atoms with Crippen LogP contribution in [0, 0.1) is 0 Å². The van der Waals surface area contributed by atoms with E-state index in [2.05, 4.69) is 44.4 Å². The lowest BCUT2D eigenvalue weighted by Gasteiger charge is -2.37. The molecule has 126 valence electrons. The number of nitrogens with two attached hydrogens (primary N) is 1. The van der Waals surface area contributed by atoms with Crippen LogP contribution in [-0.4, -0.2) is 41.8 Å². The third kappa shape index (κ3) is 6.07. The fourth-order valence-electron chi connectivity index (χ4n) is 3.20. The van der Waals surface area contributed by atoms with Crippen molar-refractivity contribution in [3.05, 3.63) is 35.5 Å². The van der Waals surface area contributed by atoms with Gasteiger partial charge in [-0.05, 0) is 51.5 Å². The average molecular weight is 306 g/mol. The number of hydrogen-bond acceptors (Lipinski definition) is 3. The van der Waals surface area contributed by atoms with Crippen LogP contribution in [0.1, 0.15) is 52.9 Å². The van der Waals surface area contributed by atoms with E-state index in [-0.39, 0.29) is 0 Å². The van der Waals surface area contributed by atoms with Gasteiger partial charge in [0.05, 0.1) is 6.10 Å². The first-order valence-corrected chi connectivity index (χ1v) is 8.61. The Labute approximate surface area is 136 Å². The topological polar surface area (TPSA) is 49.5 Å². The molecule has 0 aromatic rings. The molecule has 1 aliphatic carbocycles. The number of nitrogens with zero attached hydrogens (tertiary/aromatic N) is 1. The third-order valence-corrected chi connectivity index (χ3v) is 4.54. The quantitative estimate of drug-likeness (QED) is 0.642. The molecule has 1 rings (SSSR count). The molecule has 3 N–H and O–H groups in total. The Bertz CT molecular complexity index is 412. The molecule has 0 bridgehead atoms. The molecule has 1 aliphatic rings. The van der Waals surface area contributed by atoms with E-state index in [0.717, 1.165) is 38.6 Å². The SMILES string of the molecule is C=C(C)CCN(CC(O)CN)C1CCC(/C=C\C)=C(CC)C1. The van der Waals surface area contributed by atoms with Crippen molar-refractivity contribution in [1.82, 2.24) is 4.90 Å². The second-order valence-electron chi connectivity index (χ2n) is 6.47. The van der Waals surface area contributed by atoms with Crippen LogP contribution in [0.2, 0.25) is 0 Å². The minimum atomic E-state index is -0.434. The molecule has 0 saturated heterocycles. The summed E-state index contributed by atoms with van der Waals surface area (Å²) in [4.78, 5) is 2.42. The van der Waals surface area contributed by atoms with Gasteiger partial charge in [0.1, 0.15) is 0 Å². The van der Waals surface area contributed by atoms with Gasteiger partial charge < -0.3 is 10.8 Å². The Hall–Kier alpha value is -0.900. The van der Waals surface area contributed by atoms with E-state index in [0.29, 0.717) is 19.1 Å². The van der Waals surface area contributed by atoms with Crippen molar-refractivity contribution in [2.75, 3.05) is 19.6 Å². The third-order valence-electron chi connectivity index (χ3n) is 4.54. The predicted molar refractivity (Wildman–Crippen MR) is 95.8 cm³/mol. The lowest BCUT2D eigenvalue weighted by molar-refractivity contribution is 0.0867. The Kier molecular flexibility index (Phi) is 8.69. The van der Waals surface area contributed by atoms with Crippen LogP contribution in [0.4, 0.5) is 0 Å². The molecule has 0 amide bonds. The molecule has 0 aliphatic heterocycles. The zero-order valence-corrected chi connectivity index (χ0v) is 14.6. The van der Waals surface area contributed by atoms with Crippen LogP contribution in [0.25, 0.3) is 0 Å². The fourth-order valence-corrected chi connectivity index (χ4v) is 3.20.